The van der Waals surface area contributed by atoms with Crippen molar-refractivity contribution >= 4 is 34.8 Å². The van der Waals surface area contributed by atoms with E-state index in [9.17, 15) is 19.2 Å². The van der Waals surface area contributed by atoms with Crippen molar-refractivity contribution in [2.24, 2.45) is 0 Å². The van der Waals surface area contributed by atoms with Gasteiger partial charge in [0.2, 0.25) is 0 Å². The van der Waals surface area contributed by atoms with Gasteiger partial charge < -0.3 is 0 Å². The van der Waals surface area contributed by atoms with Gasteiger partial charge in [0.15, 0.2) is 0 Å². The second-order valence-electron chi connectivity index (χ2n) is 5.93. The highest BCUT2D eigenvalue weighted by atomic mass is 16.2. The van der Waals surface area contributed by atoms with Crippen LogP contribution in [0.2, 0.25) is 0 Å². The fraction of sp³-hybridized carbons (Fsp3) is 0.158. The van der Waals surface area contributed by atoms with Crippen molar-refractivity contribution in [3.05, 3.63) is 59.7 Å². The number of rotatable bonds is 3. The number of amides is 2. The highest BCUT2D eigenvalue weighted by Gasteiger charge is 2.46. The van der Waals surface area contributed by atoms with Gasteiger partial charge in [0.05, 0.1) is 22.5 Å². The van der Waals surface area contributed by atoms with Gasteiger partial charge in [0.1, 0.15) is 6.17 Å². The van der Waals surface area contributed by atoms with E-state index < -0.39 is 29.5 Å². The van der Waals surface area contributed by atoms with Gasteiger partial charge in [0, 0.05) is 0 Å². The SMILES string of the molecule is CCC(N1C(=O)C(=O)c2ccccc21)N1C(=O)C(=O)c2ccccc21. The van der Waals surface area contributed by atoms with Crippen LogP contribution < -0.4 is 9.80 Å². The molecule has 6 heteroatoms. The summed E-state index contributed by atoms with van der Waals surface area (Å²) in [5.74, 6) is -2.56. The molecule has 0 N–H and O–H groups in total. The molecule has 0 radical (unpaired) electrons. The monoisotopic (exact) mass is 334 g/mol. The number of carbonyl (C=O) groups excluding carboxylic acids is 4. The van der Waals surface area contributed by atoms with Gasteiger partial charge in [0.25, 0.3) is 11.6 Å². The van der Waals surface area contributed by atoms with Crippen LogP contribution in [-0.4, -0.2) is 29.5 Å². The maximum Gasteiger partial charge on any atom is 0.301 e. The summed E-state index contributed by atoms with van der Waals surface area (Å²) < 4.78 is 0. The molecular formula is C19H14N2O4. The van der Waals surface area contributed by atoms with Crippen molar-refractivity contribution in [3.63, 3.8) is 0 Å². The first-order valence-electron chi connectivity index (χ1n) is 8.00. The Balaban J connectivity index is 1.85. The standard InChI is InChI=1S/C19H14N2O4/c1-2-15(20-13-9-5-3-7-11(13)16(22)18(20)24)21-14-10-6-4-8-12(14)17(23)19(21)25/h3-10,15H,2H2,1H3. The van der Waals surface area contributed by atoms with E-state index in [1.54, 1.807) is 48.5 Å². The number of fused-ring (bicyclic) bond motifs is 2. The summed E-state index contributed by atoms with van der Waals surface area (Å²) >= 11 is 0. The summed E-state index contributed by atoms with van der Waals surface area (Å²) in [7, 11) is 0. The van der Waals surface area contributed by atoms with Crippen LogP contribution in [0.3, 0.4) is 0 Å². The number of hydrogen-bond donors (Lipinski definition) is 0. The van der Waals surface area contributed by atoms with Gasteiger partial charge in [-0.15, -0.1) is 0 Å². The molecule has 4 rings (SSSR count). The zero-order valence-corrected chi connectivity index (χ0v) is 13.4. The second-order valence-corrected chi connectivity index (χ2v) is 5.93. The molecule has 2 aliphatic rings. The molecule has 0 atom stereocenters. The molecule has 0 spiro atoms. The van der Waals surface area contributed by atoms with Gasteiger partial charge in [-0.1, -0.05) is 31.2 Å². The third kappa shape index (κ3) is 1.97. The molecule has 2 aromatic rings. The minimum absolute atomic E-state index is 0.317. The number of nitrogens with zero attached hydrogens (tertiary/aromatic N) is 2. The van der Waals surface area contributed by atoms with Crippen LogP contribution in [-0.2, 0) is 9.59 Å². The smallest absolute Gasteiger partial charge is 0.283 e. The fourth-order valence-corrected chi connectivity index (χ4v) is 3.49. The average molecular weight is 334 g/mol. The van der Waals surface area contributed by atoms with Crippen molar-refractivity contribution in [1.29, 1.82) is 0 Å². The van der Waals surface area contributed by atoms with Crippen LogP contribution in [0.5, 0.6) is 0 Å². The quantitative estimate of drug-likeness (QED) is 0.806. The van der Waals surface area contributed by atoms with Crippen molar-refractivity contribution in [1.82, 2.24) is 0 Å². The molecule has 0 aromatic heterocycles. The molecular weight excluding hydrogens is 320 g/mol. The van der Waals surface area contributed by atoms with E-state index >= 15 is 0 Å². The topological polar surface area (TPSA) is 74.8 Å². The minimum atomic E-state index is -0.736. The third-order valence-electron chi connectivity index (χ3n) is 4.60. The first-order chi connectivity index (χ1) is 12.1. The zero-order valence-electron chi connectivity index (χ0n) is 13.4. The fourth-order valence-electron chi connectivity index (χ4n) is 3.49. The Morgan fingerprint density at radius 1 is 0.720 bits per heavy atom. The lowest BCUT2D eigenvalue weighted by Crippen LogP contribution is -2.52. The lowest BCUT2D eigenvalue weighted by atomic mass is 10.1. The molecule has 2 aliphatic heterocycles. The predicted octanol–water partition coefficient (Wildman–Crippen LogP) is 2.18. The van der Waals surface area contributed by atoms with Gasteiger partial charge in [-0.2, -0.15) is 0 Å². The Morgan fingerprint density at radius 2 is 1.12 bits per heavy atom. The molecule has 2 amide bonds. The van der Waals surface area contributed by atoms with Crippen LogP contribution in [0.15, 0.2) is 48.5 Å². The highest BCUT2D eigenvalue weighted by Crippen LogP contribution is 2.37. The number of carbonyl (C=O) groups is 4. The highest BCUT2D eigenvalue weighted by molar-refractivity contribution is 6.54. The minimum Gasteiger partial charge on any atom is -0.283 e. The van der Waals surface area contributed by atoms with Crippen molar-refractivity contribution in [2.45, 2.75) is 19.5 Å². The zero-order chi connectivity index (χ0) is 17.7. The van der Waals surface area contributed by atoms with Crippen LogP contribution in [0, 0.1) is 0 Å². The molecule has 0 fully saturated rings. The second kappa shape index (κ2) is 5.37. The van der Waals surface area contributed by atoms with Gasteiger partial charge in [-0.25, -0.2) is 0 Å². The Labute approximate surface area is 143 Å². The summed E-state index contributed by atoms with van der Waals surface area (Å²) in [6.45, 7) is 1.81. The van der Waals surface area contributed by atoms with Crippen LogP contribution in [0.25, 0.3) is 0 Å². The molecule has 25 heavy (non-hydrogen) atoms. The summed E-state index contributed by atoms with van der Waals surface area (Å²) in [6.07, 6.45) is -0.360. The van der Waals surface area contributed by atoms with Crippen LogP contribution in [0.4, 0.5) is 11.4 Å². The average Bonchev–Trinajstić information content (AvgIpc) is 3.04. The maximum atomic E-state index is 12.6. The molecule has 0 saturated heterocycles. The summed E-state index contributed by atoms with van der Waals surface area (Å²) in [5.41, 5.74) is 1.57. The molecule has 2 heterocycles. The van der Waals surface area contributed by atoms with Gasteiger partial charge >= 0.3 is 11.8 Å². The van der Waals surface area contributed by atoms with Gasteiger partial charge in [-0.3, -0.25) is 29.0 Å². The van der Waals surface area contributed by atoms with Crippen LogP contribution in [0.1, 0.15) is 34.1 Å². The number of benzene rings is 2. The third-order valence-corrected chi connectivity index (χ3v) is 4.60. The molecule has 0 aliphatic carbocycles. The number of anilines is 2. The molecule has 124 valence electrons. The number of hydrogen-bond acceptors (Lipinski definition) is 4. The van der Waals surface area contributed by atoms with Crippen molar-refractivity contribution in [2.75, 3.05) is 9.80 Å². The predicted molar refractivity (Wildman–Crippen MR) is 90.6 cm³/mol. The van der Waals surface area contributed by atoms with E-state index in [0.717, 1.165) is 0 Å². The maximum absolute atomic E-state index is 12.6. The van der Waals surface area contributed by atoms with Crippen molar-refractivity contribution < 1.29 is 19.2 Å². The Morgan fingerprint density at radius 3 is 1.52 bits per heavy atom. The van der Waals surface area contributed by atoms with E-state index in [1.807, 2.05) is 6.92 Å². The summed E-state index contributed by atoms with van der Waals surface area (Å²) in [6, 6.07) is 13.4. The first kappa shape index (κ1) is 15.3. The molecule has 2 aromatic carbocycles. The molecule has 0 unspecified atom stereocenters. The van der Waals surface area contributed by atoms with E-state index in [2.05, 4.69) is 0 Å². The number of para-hydroxylation sites is 2. The van der Waals surface area contributed by atoms with E-state index in [1.165, 1.54) is 9.80 Å². The lowest BCUT2D eigenvalue weighted by Gasteiger charge is -2.34. The van der Waals surface area contributed by atoms with E-state index in [0.29, 0.717) is 28.9 Å². The van der Waals surface area contributed by atoms with Crippen LogP contribution >= 0.6 is 0 Å². The number of Topliss-reactive ketones (excluding diaryl/α,β-unsaturated/α-hetero) is 2. The Bertz CT molecular complexity index is 874. The normalized spacial score (nSPS) is 16.1. The Hall–Kier alpha value is -3.28. The summed E-state index contributed by atoms with van der Waals surface area (Å²) in [4.78, 5) is 52.3. The summed E-state index contributed by atoms with van der Waals surface area (Å²) in [5, 5.41) is 0. The molecule has 0 bridgehead atoms. The van der Waals surface area contributed by atoms with E-state index in [4.69, 9.17) is 0 Å². The molecule has 6 nitrogen and oxygen atoms in total. The largest absolute Gasteiger partial charge is 0.301 e. The molecule has 0 saturated carbocycles. The number of ketones is 2. The Kier molecular flexibility index (Phi) is 3.28. The van der Waals surface area contributed by atoms with Gasteiger partial charge in [-0.05, 0) is 30.7 Å². The lowest BCUT2D eigenvalue weighted by molar-refractivity contribution is -0.116. The van der Waals surface area contributed by atoms with E-state index in [-0.39, 0.29) is 0 Å². The first-order valence-corrected chi connectivity index (χ1v) is 8.00. The van der Waals surface area contributed by atoms with Crippen molar-refractivity contribution in [3.8, 4) is 0 Å².